The van der Waals surface area contributed by atoms with E-state index in [1.54, 1.807) is 6.20 Å². The van der Waals surface area contributed by atoms with Crippen LogP contribution < -0.4 is 4.52 Å². The molecule has 0 aliphatic carbocycles. The van der Waals surface area contributed by atoms with Crippen LogP contribution in [0.4, 0.5) is 0 Å². The molecule has 2 rings (SSSR count). The number of thiol groups is 1. The van der Waals surface area contributed by atoms with Gasteiger partial charge in [-0.15, -0.1) is 0 Å². The van der Waals surface area contributed by atoms with Crippen LogP contribution in [-0.2, 0) is 15.7 Å². The number of pyridine rings is 1. The van der Waals surface area contributed by atoms with Crippen molar-refractivity contribution in [3.05, 3.63) is 23.4 Å². The van der Waals surface area contributed by atoms with Gasteiger partial charge in [-0.3, -0.25) is 0 Å². The SMILES string of the molecule is Cc1cnc2c(c1)CO[PH](S)(OC(C)C)O2. The van der Waals surface area contributed by atoms with Crippen molar-refractivity contribution < 1.29 is 13.6 Å². The van der Waals surface area contributed by atoms with Gasteiger partial charge in [-0.2, -0.15) is 0 Å². The minimum atomic E-state index is -2.84. The summed E-state index contributed by atoms with van der Waals surface area (Å²) in [6, 6.07) is 2.00. The predicted octanol–water partition coefficient (Wildman–Crippen LogP) is 3.06. The Kier molecular flexibility index (Phi) is 3.40. The van der Waals surface area contributed by atoms with Crippen molar-refractivity contribution in [2.45, 2.75) is 33.5 Å². The fourth-order valence-electron chi connectivity index (χ4n) is 1.49. The summed E-state index contributed by atoms with van der Waals surface area (Å²) in [6.07, 6.45) is 1.79. The van der Waals surface area contributed by atoms with Crippen LogP contribution in [-0.4, -0.2) is 11.1 Å². The molecule has 0 bridgehead atoms. The molecule has 0 N–H and O–H groups in total. The third-order valence-corrected chi connectivity index (χ3v) is 4.79. The number of nitrogens with zero attached hydrogens (tertiary/aromatic N) is 1. The van der Waals surface area contributed by atoms with Crippen molar-refractivity contribution in [3.63, 3.8) is 0 Å². The number of fused-ring (bicyclic) bond motifs is 1. The molecule has 0 amide bonds. The van der Waals surface area contributed by atoms with Crippen molar-refractivity contribution >= 4 is 19.4 Å². The standard InChI is InChI=1S/C10H16NO3PS/c1-7(2)13-15(16)12-6-9-4-8(3)5-11-10(9)14-15/h4-5,7,15-16H,6H2,1-3H3. The number of aryl methyl sites for hydroxylation is 1. The second kappa shape index (κ2) is 4.49. The summed E-state index contributed by atoms with van der Waals surface area (Å²) < 4.78 is 16.8. The van der Waals surface area contributed by atoms with Gasteiger partial charge in [-0.25, -0.2) is 0 Å². The molecule has 16 heavy (non-hydrogen) atoms. The van der Waals surface area contributed by atoms with Crippen LogP contribution in [0.5, 0.6) is 5.88 Å². The van der Waals surface area contributed by atoms with Gasteiger partial charge in [-0.05, 0) is 0 Å². The Balaban J connectivity index is 2.20. The van der Waals surface area contributed by atoms with E-state index in [0.717, 1.165) is 11.1 Å². The third kappa shape index (κ3) is 2.66. The second-order valence-corrected chi connectivity index (χ2v) is 7.48. The first kappa shape index (κ1) is 12.1. The van der Waals surface area contributed by atoms with Crippen LogP contribution in [0, 0.1) is 6.92 Å². The number of rotatable bonds is 2. The molecule has 0 saturated carbocycles. The molecule has 2 heterocycles. The summed E-state index contributed by atoms with van der Waals surface area (Å²) in [5.74, 6) is 0.583. The Hall–Kier alpha value is -0.350. The van der Waals surface area contributed by atoms with E-state index in [4.69, 9.17) is 13.6 Å². The average Bonchev–Trinajstić information content (AvgIpc) is 2.17. The van der Waals surface area contributed by atoms with E-state index in [1.165, 1.54) is 0 Å². The van der Waals surface area contributed by atoms with Crippen LogP contribution in [0.1, 0.15) is 25.0 Å². The Bertz CT molecular complexity index is 402. The van der Waals surface area contributed by atoms with E-state index >= 15 is 0 Å². The van der Waals surface area contributed by atoms with Crippen molar-refractivity contribution in [3.8, 4) is 5.88 Å². The average molecular weight is 261 g/mol. The number of aromatic nitrogens is 1. The van der Waals surface area contributed by atoms with Crippen molar-refractivity contribution in [2.24, 2.45) is 0 Å². The van der Waals surface area contributed by atoms with Crippen molar-refractivity contribution in [2.75, 3.05) is 0 Å². The minimum absolute atomic E-state index is 0.0242. The molecular weight excluding hydrogens is 245 g/mol. The van der Waals surface area contributed by atoms with Gasteiger partial charge >= 0.3 is 101 Å². The topological polar surface area (TPSA) is 40.6 Å². The van der Waals surface area contributed by atoms with Gasteiger partial charge in [0.15, 0.2) is 0 Å². The first-order valence-corrected chi connectivity index (χ1v) is 8.18. The van der Waals surface area contributed by atoms with Crippen LogP contribution in [0.15, 0.2) is 12.3 Å². The molecule has 1 aliphatic heterocycles. The fourth-order valence-corrected chi connectivity index (χ4v) is 4.11. The quantitative estimate of drug-likeness (QED) is 0.656. The van der Waals surface area contributed by atoms with E-state index in [0.29, 0.717) is 12.5 Å². The summed E-state index contributed by atoms with van der Waals surface area (Å²) >= 11 is 4.37. The second-order valence-electron chi connectivity index (χ2n) is 4.06. The molecule has 0 fully saturated rings. The molecule has 0 atom stereocenters. The van der Waals surface area contributed by atoms with Gasteiger partial charge < -0.3 is 0 Å². The molecule has 1 aromatic rings. The van der Waals surface area contributed by atoms with Crippen LogP contribution in [0.2, 0.25) is 0 Å². The van der Waals surface area contributed by atoms with Gasteiger partial charge in [0.2, 0.25) is 0 Å². The zero-order chi connectivity index (χ0) is 11.8. The summed E-state index contributed by atoms with van der Waals surface area (Å²) in [5.41, 5.74) is 2.04. The van der Waals surface area contributed by atoms with Gasteiger partial charge in [-0.1, -0.05) is 0 Å². The molecule has 0 unspecified atom stereocenters. The van der Waals surface area contributed by atoms with E-state index < -0.39 is 7.15 Å². The normalized spacial score (nSPS) is 20.1. The molecule has 90 valence electrons. The summed E-state index contributed by atoms with van der Waals surface area (Å²) in [7, 11) is -2.84. The van der Waals surface area contributed by atoms with E-state index in [-0.39, 0.29) is 6.10 Å². The van der Waals surface area contributed by atoms with Crippen LogP contribution in [0.3, 0.4) is 0 Å². The molecule has 1 aliphatic rings. The zero-order valence-electron chi connectivity index (χ0n) is 9.56. The van der Waals surface area contributed by atoms with Crippen molar-refractivity contribution in [1.82, 2.24) is 4.98 Å². The van der Waals surface area contributed by atoms with Crippen molar-refractivity contribution in [1.29, 1.82) is 0 Å². The fraction of sp³-hybridized carbons (Fsp3) is 0.500. The Morgan fingerprint density at radius 1 is 1.56 bits per heavy atom. The molecule has 0 radical (unpaired) electrons. The van der Waals surface area contributed by atoms with Gasteiger partial charge in [0, 0.05) is 0 Å². The monoisotopic (exact) mass is 261 g/mol. The molecular formula is C10H16NO3PS. The molecule has 6 heteroatoms. The molecule has 0 spiro atoms. The maximum absolute atomic E-state index is 5.63. The predicted molar refractivity (Wildman–Crippen MR) is 67.9 cm³/mol. The summed E-state index contributed by atoms with van der Waals surface area (Å²) in [4.78, 5) is 4.23. The third-order valence-electron chi connectivity index (χ3n) is 2.08. The first-order valence-electron chi connectivity index (χ1n) is 5.17. The molecule has 0 saturated heterocycles. The number of hydrogen-bond donors (Lipinski definition) is 1. The number of hydrogen-bond acceptors (Lipinski definition) is 5. The Morgan fingerprint density at radius 3 is 3.00 bits per heavy atom. The van der Waals surface area contributed by atoms with Gasteiger partial charge in [0.05, 0.1) is 0 Å². The molecule has 1 aromatic heterocycles. The van der Waals surface area contributed by atoms with E-state index in [2.05, 4.69) is 17.2 Å². The first-order chi connectivity index (χ1) is 7.48. The zero-order valence-corrected chi connectivity index (χ0v) is 11.5. The van der Waals surface area contributed by atoms with Gasteiger partial charge in [0.1, 0.15) is 0 Å². The Labute approximate surface area is 101 Å². The maximum atomic E-state index is 5.63. The summed E-state index contributed by atoms with van der Waals surface area (Å²) in [6.45, 7) is 6.29. The molecule has 0 aromatic carbocycles. The summed E-state index contributed by atoms with van der Waals surface area (Å²) in [5, 5.41) is 0. The van der Waals surface area contributed by atoms with Crippen LogP contribution in [0.25, 0.3) is 0 Å². The van der Waals surface area contributed by atoms with E-state index in [9.17, 15) is 0 Å². The van der Waals surface area contributed by atoms with Crippen LogP contribution >= 0.6 is 19.4 Å². The Morgan fingerprint density at radius 2 is 2.31 bits per heavy atom. The van der Waals surface area contributed by atoms with Gasteiger partial charge in [0.25, 0.3) is 0 Å². The molecule has 4 nitrogen and oxygen atoms in total. The van der Waals surface area contributed by atoms with E-state index in [1.807, 2.05) is 26.8 Å².